The Morgan fingerprint density at radius 3 is 2.86 bits per heavy atom. The number of hydrogen-bond acceptors (Lipinski definition) is 5. The predicted octanol–water partition coefficient (Wildman–Crippen LogP) is 2.10. The van der Waals surface area contributed by atoms with Crippen LogP contribution in [0.1, 0.15) is 19.4 Å². The maximum Gasteiger partial charge on any atom is 0.231 e. The number of nitrogens with one attached hydrogen (secondary N) is 2. The minimum atomic E-state index is 0. The fourth-order valence-electron chi connectivity index (χ4n) is 3.44. The Balaban J connectivity index is 0.00000280. The standard InChI is InChI=1S/C20H32N4O3.HI/c1-15(2)12-24-8-9-25-17(13-24)11-23-20(21-3)22-7-6-16-4-5-18-19(10-16)27-14-26-18;/h4-5,10,15,17H,6-9,11-14H2,1-3H3,(H2,21,22,23);1H. The van der Waals surface area contributed by atoms with Crippen LogP contribution in [0, 0.1) is 5.92 Å². The molecule has 2 N–H and O–H groups in total. The van der Waals surface area contributed by atoms with Crippen LogP contribution in [0.5, 0.6) is 11.5 Å². The van der Waals surface area contributed by atoms with Gasteiger partial charge < -0.3 is 24.8 Å². The molecular weight excluding hydrogens is 471 g/mol. The monoisotopic (exact) mass is 504 g/mol. The van der Waals surface area contributed by atoms with Gasteiger partial charge in [-0.1, -0.05) is 19.9 Å². The zero-order valence-corrected chi connectivity index (χ0v) is 19.4. The van der Waals surface area contributed by atoms with Crippen LogP contribution in [0.15, 0.2) is 23.2 Å². The molecule has 158 valence electrons. The van der Waals surface area contributed by atoms with Gasteiger partial charge in [0.05, 0.1) is 12.7 Å². The normalized spacial score (nSPS) is 19.4. The summed E-state index contributed by atoms with van der Waals surface area (Å²) in [7, 11) is 1.79. The molecule has 8 heteroatoms. The highest BCUT2D eigenvalue weighted by Crippen LogP contribution is 2.32. The molecule has 1 aromatic carbocycles. The first-order valence-corrected chi connectivity index (χ1v) is 9.81. The van der Waals surface area contributed by atoms with Crippen molar-refractivity contribution in [1.82, 2.24) is 15.5 Å². The van der Waals surface area contributed by atoms with Crippen molar-refractivity contribution in [2.45, 2.75) is 26.4 Å². The molecule has 0 saturated carbocycles. The smallest absolute Gasteiger partial charge is 0.231 e. The molecular formula is C20H33IN4O3. The minimum absolute atomic E-state index is 0. The van der Waals surface area contributed by atoms with Crippen molar-refractivity contribution in [3.05, 3.63) is 23.8 Å². The lowest BCUT2D eigenvalue weighted by Gasteiger charge is -2.34. The van der Waals surface area contributed by atoms with E-state index in [-0.39, 0.29) is 30.1 Å². The van der Waals surface area contributed by atoms with Crippen molar-refractivity contribution in [2.75, 3.05) is 53.2 Å². The van der Waals surface area contributed by atoms with E-state index < -0.39 is 0 Å². The van der Waals surface area contributed by atoms with Crippen molar-refractivity contribution in [2.24, 2.45) is 10.9 Å². The Kier molecular flexibility index (Phi) is 9.60. The van der Waals surface area contributed by atoms with Gasteiger partial charge in [-0.3, -0.25) is 9.89 Å². The summed E-state index contributed by atoms with van der Waals surface area (Å²) < 4.78 is 16.7. The van der Waals surface area contributed by atoms with E-state index >= 15 is 0 Å². The molecule has 2 heterocycles. The Labute approximate surface area is 185 Å². The molecule has 2 aliphatic heterocycles. The van der Waals surface area contributed by atoms with Crippen LogP contribution in [0.3, 0.4) is 0 Å². The largest absolute Gasteiger partial charge is 0.454 e. The fourth-order valence-corrected chi connectivity index (χ4v) is 3.44. The Morgan fingerprint density at radius 1 is 1.25 bits per heavy atom. The summed E-state index contributed by atoms with van der Waals surface area (Å²) in [5.41, 5.74) is 1.21. The van der Waals surface area contributed by atoms with Crippen LogP contribution in [-0.4, -0.2) is 70.1 Å². The number of guanidine groups is 1. The quantitative estimate of drug-likeness (QED) is 0.337. The van der Waals surface area contributed by atoms with Gasteiger partial charge in [0.15, 0.2) is 17.5 Å². The first-order chi connectivity index (χ1) is 13.1. The van der Waals surface area contributed by atoms with E-state index in [0.29, 0.717) is 12.7 Å². The van der Waals surface area contributed by atoms with Crippen molar-refractivity contribution in [1.29, 1.82) is 0 Å². The molecule has 0 aliphatic carbocycles. The summed E-state index contributed by atoms with van der Waals surface area (Å²) in [6, 6.07) is 6.08. The van der Waals surface area contributed by atoms with E-state index in [4.69, 9.17) is 14.2 Å². The molecule has 0 spiro atoms. The van der Waals surface area contributed by atoms with E-state index in [1.807, 2.05) is 12.1 Å². The molecule has 3 rings (SSSR count). The summed E-state index contributed by atoms with van der Waals surface area (Å²) in [5.74, 6) is 3.14. The molecule has 28 heavy (non-hydrogen) atoms. The van der Waals surface area contributed by atoms with E-state index in [2.05, 4.69) is 40.4 Å². The molecule has 1 aromatic rings. The zero-order valence-electron chi connectivity index (χ0n) is 17.1. The topological polar surface area (TPSA) is 67.4 Å². The Bertz CT molecular complexity index is 642. The van der Waals surface area contributed by atoms with Gasteiger partial charge in [-0.25, -0.2) is 0 Å². The van der Waals surface area contributed by atoms with Crippen molar-refractivity contribution < 1.29 is 14.2 Å². The summed E-state index contributed by atoms with van der Waals surface area (Å²) >= 11 is 0. The van der Waals surface area contributed by atoms with Crippen molar-refractivity contribution in [3.63, 3.8) is 0 Å². The summed E-state index contributed by atoms with van der Waals surface area (Å²) in [6.07, 6.45) is 1.09. The van der Waals surface area contributed by atoms with Gasteiger partial charge in [-0.2, -0.15) is 0 Å². The lowest BCUT2D eigenvalue weighted by Crippen LogP contribution is -2.50. The molecule has 1 unspecified atom stereocenters. The average Bonchev–Trinajstić information content (AvgIpc) is 3.12. The van der Waals surface area contributed by atoms with E-state index in [1.165, 1.54) is 5.56 Å². The number of aliphatic imine (C=N–C) groups is 1. The number of morpholine rings is 1. The highest BCUT2D eigenvalue weighted by Gasteiger charge is 2.21. The highest BCUT2D eigenvalue weighted by molar-refractivity contribution is 14.0. The van der Waals surface area contributed by atoms with Gasteiger partial charge in [0.1, 0.15) is 0 Å². The lowest BCUT2D eigenvalue weighted by molar-refractivity contribution is -0.0284. The van der Waals surface area contributed by atoms with Crippen molar-refractivity contribution >= 4 is 29.9 Å². The van der Waals surface area contributed by atoms with Gasteiger partial charge >= 0.3 is 0 Å². The number of halogens is 1. The molecule has 0 aromatic heterocycles. The van der Waals surface area contributed by atoms with Crippen LogP contribution in [-0.2, 0) is 11.2 Å². The van der Waals surface area contributed by atoms with E-state index in [1.54, 1.807) is 7.05 Å². The maximum atomic E-state index is 5.89. The fraction of sp³-hybridized carbons (Fsp3) is 0.650. The predicted molar refractivity (Wildman–Crippen MR) is 122 cm³/mol. The SMILES string of the molecule is CN=C(NCCc1ccc2c(c1)OCO2)NCC1CN(CC(C)C)CCO1.I. The van der Waals surface area contributed by atoms with Gasteiger partial charge in [0.2, 0.25) is 6.79 Å². The third kappa shape index (κ3) is 6.97. The number of benzene rings is 1. The summed E-state index contributed by atoms with van der Waals surface area (Å²) in [5, 5.41) is 6.75. The van der Waals surface area contributed by atoms with E-state index in [9.17, 15) is 0 Å². The van der Waals surface area contributed by atoms with Crippen molar-refractivity contribution in [3.8, 4) is 11.5 Å². The average molecular weight is 504 g/mol. The first-order valence-electron chi connectivity index (χ1n) is 9.81. The van der Waals surface area contributed by atoms with Crippen LogP contribution in [0.4, 0.5) is 0 Å². The number of nitrogens with zero attached hydrogens (tertiary/aromatic N) is 2. The number of ether oxygens (including phenoxy) is 3. The van der Waals surface area contributed by atoms with Crippen LogP contribution < -0.4 is 20.1 Å². The van der Waals surface area contributed by atoms with Gasteiger partial charge in [0.25, 0.3) is 0 Å². The number of fused-ring (bicyclic) bond motifs is 1. The third-order valence-corrected chi connectivity index (χ3v) is 4.71. The molecule has 7 nitrogen and oxygen atoms in total. The highest BCUT2D eigenvalue weighted by atomic mass is 127. The molecule has 1 atom stereocenters. The summed E-state index contributed by atoms with van der Waals surface area (Å²) in [6.45, 7) is 10.3. The Hall–Kier alpha value is -1.26. The summed E-state index contributed by atoms with van der Waals surface area (Å²) in [4.78, 5) is 6.79. The number of hydrogen-bond donors (Lipinski definition) is 2. The second kappa shape index (κ2) is 11.7. The number of rotatable bonds is 7. The third-order valence-electron chi connectivity index (χ3n) is 4.71. The van der Waals surface area contributed by atoms with Crippen LogP contribution >= 0.6 is 24.0 Å². The molecule has 1 fully saturated rings. The molecule has 0 amide bonds. The van der Waals surface area contributed by atoms with Gasteiger partial charge in [-0.15, -0.1) is 24.0 Å². The zero-order chi connectivity index (χ0) is 19.1. The minimum Gasteiger partial charge on any atom is -0.454 e. The molecule has 0 bridgehead atoms. The molecule has 1 saturated heterocycles. The maximum absolute atomic E-state index is 5.89. The Morgan fingerprint density at radius 2 is 2.07 bits per heavy atom. The van der Waals surface area contributed by atoms with Gasteiger partial charge in [0, 0.05) is 39.8 Å². The van der Waals surface area contributed by atoms with Crippen LogP contribution in [0.25, 0.3) is 0 Å². The van der Waals surface area contributed by atoms with Gasteiger partial charge in [-0.05, 0) is 30.0 Å². The first kappa shape index (κ1) is 23.0. The lowest BCUT2D eigenvalue weighted by atomic mass is 10.1. The second-order valence-electron chi connectivity index (χ2n) is 7.46. The molecule has 0 radical (unpaired) electrons. The molecule has 2 aliphatic rings. The second-order valence-corrected chi connectivity index (χ2v) is 7.46. The van der Waals surface area contributed by atoms with Crippen LogP contribution in [0.2, 0.25) is 0 Å². The van der Waals surface area contributed by atoms with E-state index in [0.717, 1.165) is 63.2 Å².